The monoisotopic (exact) mass is 312 g/mol. The summed E-state index contributed by atoms with van der Waals surface area (Å²) in [5, 5.41) is 0. The van der Waals surface area contributed by atoms with Gasteiger partial charge in [-0.05, 0) is 31.6 Å². The fraction of sp³-hybridized carbons (Fsp3) is 0.900. The summed E-state index contributed by atoms with van der Waals surface area (Å²) in [6.07, 6.45) is 6.19. The second-order valence-corrected chi connectivity index (χ2v) is 4.25. The van der Waals surface area contributed by atoms with Crippen LogP contribution in [0.3, 0.4) is 0 Å². The average molecular weight is 312 g/mol. The minimum atomic E-state index is -0.289. The van der Waals surface area contributed by atoms with Gasteiger partial charge in [-0.2, -0.15) is 0 Å². The van der Waals surface area contributed by atoms with Crippen LogP contribution >= 0.6 is 23.0 Å². The molecule has 0 amide bonds. The van der Waals surface area contributed by atoms with Crippen molar-refractivity contribution in [2.75, 3.05) is 6.61 Å². The van der Waals surface area contributed by atoms with E-state index in [2.05, 4.69) is 9.99 Å². The molecule has 14 heavy (non-hydrogen) atoms. The molecule has 0 heterocycles. The summed E-state index contributed by atoms with van der Waals surface area (Å²) in [5.74, 6) is 0.578. The molecule has 0 unspecified atom stereocenters. The molecule has 0 N–H and O–H groups in total. The van der Waals surface area contributed by atoms with Gasteiger partial charge in [0, 0.05) is 0 Å². The minimum absolute atomic E-state index is 0.102. The fourth-order valence-electron chi connectivity index (χ4n) is 1.91. The Balaban J connectivity index is 2.13. The van der Waals surface area contributed by atoms with E-state index >= 15 is 0 Å². The van der Waals surface area contributed by atoms with Gasteiger partial charge in [0.1, 0.15) is 6.61 Å². The van der Waals surface area contributed by atoms with Gasteiger partial charge in [0.25, 0.3) is 0 Å². The first-order chi connectivity index (χ1) is 6.76. The van der Waals surface area contributed by atoms with Gasteiger partial charge in [-0.1, -0.05) is 13.3 Å². The number of halogens is 1. The van der Waals surface area contributed by atoms with Crippen molar-refractivity contribution < 1.29 is 12.6 Å². The summed E-state index contributed by atoms with van der Waals surface area (Å²) in [6, 6.07) is 0. The molecular formula is C10H17IO3. The zero-order valence-corrected chi connectivity index (χ0v) is 10.7. The first-order valence-corrected chi connectivity index (χ1v) is 6.07. The van der Waals surface area contributed by atoms with E-state index in [4.69, 9.17) is 4.74 Å². The van der Waals surface area contributed by atoms with E-state index in [-0.39, 0.29) is 18.7 Å². The molecular weight excluding hydrogens is 295 g/mol. The van der Waals surface area contributed by atoms with E-state index in [1.54, 1.807) is 23.0 Å². The van der Waals surface area contributed by atoms with Crippen molar-refractivity contribution in [1.82, 2.24) is 0 Å². The molecule has 0 atom stereocenters. The van der Waals surface area contributed by atoms with Gasteiger partial charge in [0.05, 0.1) is 6.10 Å². The second kappa shape index (κ2) is 6.61. The number of ether oxygens (including phenoxy) is 1. The van der Waals surface area contributed by atoms with Gasteiger partial charge in [0.2, 0.25) is 0 Å². The van der Waals surface area contributed by atoms with Crippen molar-refractivity contribution in [1.29, 1.82) is 0 Å². The predicted molar refractivity (Wildman–Crippen MR) is 62.1 cm³/mol. The number of rotatable bonds is 4. The Labute approximate surface area is 99.2 Å². The van der Waals surface area contributed by atoms with E-state index in [0.29, 0.717) is 0 Å². The number of carbonyl (C=O) groups is 1. The molecule has 0 spiro atoms. The van der Waals surface area contributed by atoms with Crippen molar-refractivity contribution in [2.45, 2.75) is 45.1 Å². The Morgan fingerprint density at radius 1 is 1.36 bits per heavy atom. The third kappa shape index (κ3) is 4.13. The Morgan fingerprint density at radius 3 is 2.50 bits per heavy atom. The van der Waals surface area contributed by atoms with Crippen molar-refractivity contribution in [3.8, 4) is 0 Å². The summed E-state index contributed by atoms with van der Waals surface area (Å²) >= 11 is 1.59. The molecule has 82 valence electrons. The predicted octanol–water partition coefficient (Wildman–Crippen LogP) is 2.87. The van der Waals surface area contributed by atoms with E-state index in [9.17, 15) is 4.79 Å². The SMILES string of the molecule is CCC1CCC(OCC(=O)OI)CC1. The van der Waals surface area contributed by atoms with Crippen molar-refractivity contribution >= 4 is 29.0 Å². The van der Waals surface area contributed by atoms with Crippen LogP contribution < -0.4 is 0 Å². The van der Waals surface area contributed by atoms with Crippen molar-refractivity contribution in [2.24, 2.45) is 5.92 Å². The van der Waals surface area contributed by atoms with Crippen LogP contribution in [-0.4, -0.2) is 18.7 Å². The Hall–Kier alpha value is 0.160. The van der Waals surface area contributed by atoms with Crippen LogP contribution in [0.15, 0.2) is 0 Å². The highest BCUT2D eigenvalue weighted by molar-refractivity contribution is 14.1. The molecule has 0 radical (unpaired) electrons. The normalized spacial score (nSPS) is 27.3. The first-order valence-electron chi connectivity index (χ1n) is 5.19. The largest absolute Gasteiger partial charge is 0.393 e. The Kier molecular flexibility index (Phi) is 5.77. The highest BCUT2D eigenvalue weighted by atomic mass is 127. The highest BCUT2D eigenvalue weighted by Crippen LogP contribution is 2.28. The van der Waals surface area contributed by atoms with Gasteiger partial charge >= 0.3 is 5.97 Å². The Morgan fingerprint density at radius 2 is 2.00 bits per heavy atom. The van der Waals surface area contributed by atoms with E-state index in [0.717, 1.165) is 18.8 Å². The molecule has 1 fully saturated rings. The molecule has 1 saturated carbocycles. The summed E-state index contributed by atoms with van der Waals surface area (Å²) in [5.41, 5.74) is 0. The van der Waals surface area contributed by atoms with E-state index < -0.39 is 0 Å². The molecule has 4 heteroatoms. The maximum absolute atomic E-state index is 10.8. The van der Waals surface area contributed by atoms with E-state index in [1.807, 2.05) is 0 Å². The quantitative estimate of drug-likeness (QED) is 0.749. The molecule has 0 aromatic heterocycles. The molecule has 0 saturated heterocycles. The van der Waals surface area contributed by atoms with Gasteiger partial charge in [-0.15, -0.1) is 0 Å². The molecule has 1 aliphatic carbocycles. The van der Waals surface area contributed by atoms with Crippen LogP contribution in [0.4, 0.5) is 0 Å². The maximum atomic E-state index is 10.8. The molecule has 0 aromatic rings. The highest BCUT2D eigenvalue weighted by Gasteiger charge is 2.21. The number of carbonyl (C=O) groups excluding carboxylic acids is 1. The van der Waals surface area contributed by atoms with Crippen molar-refractivity contribution in [3.63, 3.8) is 0 Å². The average Bonchev–Trinajstić information content (AvgIpc) is 2.26. The molecule has 0 aromatic carbocycles. The van der Waals surface area contributed by atoms with Gasteiger partial charge in [0.15, 0.2) is 23.0 Å². The topological polar surface area (TPSA) is 35.5 Å². The van der Waals surface area contributed by atoms with E-state index in [1.165, 1.54) is 19.3 Å². The van der Waals surface area contributed by atoms with Gasteiger partial charge in [-0.3, -0.25) is 0 Å². The number of hydrogen-bond donors (Lipinski definition) is 0. The lowest BCUT2D eigenvalue weighted by Gasteiger charge is -2.27. The molecule has 1 rings (SSSR count). The zero-order chi connectivity index (χ0) is 10.4. The van der Waals surface area contributed by atoms with Crippen LogP contribution in [0.2, 0.25) is 0 Å². The molecule has 3 nitrogen and oxygen atoms in total. The lowest BCUT2D eigenvalue weighted by Crippen LogP contribution is -2.24. The molecule has 1 aliphatic rings. The lowest BCUT2D eigenvalue weighted by atomic mass is 9.86. The van der Waals surface area contributed by atoms with Crippen LogP contribution in [0.5, 0.6) is 0 Å². The summed E-state index contributed by atoms with van der Waals surface area (Å²) < 4.78 is 9.94. The molecule has 0 aliphatic heterocycles. The van der Waals surface area contributed by atoms with Crippen LogP contribution in [0, 0.1) is 5.92 Å². The smallest absolute Gasteiger partial charge is 0.341 e. The fourth-order valence-corrected chi connectivity index (χ4v) is 2.04. The lowest BCUT2D eigenvalue weighted by molar-refractivity contribution is -0.139. The van der Waals surface area contributed by atoms with Crippen LogP contribution in [0.25, 0.3) is 0 Å². The van der Waals surface area contributed by atoms with Crippen molar-refractivity contribution in [3.05, 3.63) is 0 Å². The first kappa shape index (κ1) is 12.2. The summed E-state index contributed by atoms with van der Waals surface area (Å²) in [4.78, 5) is 10.8. The van der Waals surface area contributed by atoms with Crippen LogP contribution in [-0.2, 0) is 12.6 Å². The standard InChI is InChI=1S/C10H17IO3/c1-2-8-3-5-9(6-4-8)13-7-10(12)14-11/h8-9H,2-7H2,1H3. The van der Waals surface area contributed by atoms with Gasteiger partial charge < -0.3 is 7.80 Å². The van der Waals surface area contributed by atoms with Crippen LogP contribution in [0.1, 0.15) is 39.0 Å². The third-order valence-corrected chi connectivity index (χ3v) is 3.39. The third-order valence-electron chi connectivity index (χ3n) is 2.89. The second-order valence-electron chi connectivity index (χ2n) is 3.81. The summed E-state index contributed by atoms with van der Waals surface area (Å²) in [6.45, 7) is 2.34. The summed E-state index contributed by atoms with van der Waals surface area (Å²) in [7, 11) is 0. The molecule has 0 bridgehead atoms. The number of hydrogen-bond acceptors (Lipinski definition) is 3. The van der Waals surface area contributed by atoms with Gasteiger partial charge in [-0.25, -0.2) is 4.79 Å². The zero-order valence-electron chi connectivity index (χ0n) is 8.50. The Bertz CT molecular complexity index is 176. The minimum Gasteiger partial charge on any atom is -0.393 e. The maximum Gasteiger partial charge on any atom is 0.341 e.